The van der Waals surface area contributed by atoms with Crippen LogP contribution in [0.1, 0.15) is 5.56 Å². The summed E-state index contributed by atoms with van der Waals surface area (Å²) < 4.78 is 28.4. The number of nitrogens with zero attached hydrogens (tertiary/aromatic N) is 6. The van der Waals surface area contributed by atoms with Crippen molar-refractivity contribution in [3.05, 3.63) is 76.9 Å². The van der Waals surface area contributed by atoms with Gasteiger partial charge < -0.3 is 30.7 Å². The van der Waals surface area contributed by atoms with Crippen molar-refractivity contribution in [3.63, 3.8) is 0 Å². The lowest BCUT2D eigenvalue weighted by atomic mass is 10.0. The number of carbonyl (C=O) groups excluding carboxylic acids is 4. The molecule has 17 nitrogen and oxygen atoms in total. The summed E-state index contributed by atoms with van der Waals surface area (Å²) in [6, 6.07) is 9.06. The van der Waals surface area contributed by atoms with Crippen LogP contribution in [0.15, 0.2) is 76.4 Å². The van der Waals surface area contributed by atoms with Crippen molar-refractivity contribution in [2.24, 2.45) is 5.16 Å². The molecule has 1 saturated heterocycles. The number of nitrogens with one attached hydrogen (secondary N) is 3. The van der Waals surface area contributed by atoms with Gasteiger partial charge in [0.1, 0.15) is 53.5 Å². The van der Waals surface area contributed by atoms with Gasteiger partial charge in [0.2, 0.25) is 12.2 Å². The molecule has 5 heterocycles. The zero-order valence-corrected chi connectivity index (χ0v) is 26.9. The Balaban J connectivity index is 1.42. The van der Waals surface area contributed by atoms with Gasteiger partial charge in [-0.25, -0.2) is 9.36 Å². The summed E-state index contributed by atoms with van der Waals surface area (Å²) in [6.07, 6.45) is 5.42. The molecule has 5 N–H and O–H groups in total. The number of oxime groups is 1. The number of carbonyl (C=O) groups is 4. The molecule has 3 aliphatic heterocycles. The number of halogens is 1. The fourth-order valence-electron chi connectivity index (χ4n) is 5.20. The number of amides is 3. The average Bonchev–Trinajstić information content (AvgIpc) is 3.78. The van der Waals surface area contributed by atoms with Crippen LogP contribution in [0.5, 0.6) is 5.75 Å². The van der Waals surface area contributed by atoms with E-state index in [4.69, 9.17) is 15.2 Å². The van der Waals surface area contributed by atoms with Gasteiger partial charge in [0.15, 0.2) is 0 Å². The van der Waals surface area contributed by atoms with Gasteiger partial charge in [0.25, 0.3) is 5.91 Å². The van der Waals surface area contributed by atoms with Gasteiger partial charge in [0, 0.05) is 11.6 Å². The van der Waals surface area contributed by atoms with Crippen LogP contribution < -0.4 is 30.5 Å². The van der Waals surface area contributed by atoms with Crippen LogP contribution in [0, 0.1) is 0 Å². The summed E-state index contributed by atoms with van der Waals surface area (Å²) in [5.74, 6) is -3.23. The van der Waals surface area contributed by atoms with Crippen molar-refractivity contribution >= 4 is 65.3 Å². The highest BCUT2D eigenvalue weighted by Crippen LogP contribution is 2.46. The van der Waals surface area contributed by atoms with Crippen molar-refractivity contribution in [3.8, 4) is 5.75 Å². The molecular weight excluding hydrogens is 672 g/mol. The standard InChI is InChI=1S/C28H27FN10O7S2/c1-44-16-5-3-15(4-6-16)13-46-28(43)22-17(11-36-10-8-18(30)39-20(36)7-9-32-39)26(37-12-19(31-14-40)48-35-37)47-27-21(25(42)38(22)27)33-24(41)23(29)34-45-2/h3-10,12,14,21,26-27,30,35H,11,13H2,1-2H3,(H2,31,33,40,41)/p+1/t21-,26?,27+/m1/s1. The minimum absolute atomic E-state index is 0.0515. The fourth-order valence-corrected chi connectivity index (χ4v) is 7.44. The number of esters is 1. The van der Waals surface area contributed by atoms with E-state index < -0.39 is 40.5 Å². The van der Waals surface area contributed by atoms with Crippen molar-refractivity contribution < 1.29 is 42.4 Å². The van der Waals surface area contributed by atoms with E-state index >= 15 is 0 Å². The van der Waals surface area contributed by atoms with Gasteiger partial charge in [-0.3, -0.25) is 24.3 Å². The number of nitrogen functional groups attached to an aromatic ring is 1. The minimum Gasteiger partial charge on any atom is -0.497 e. The highest BCUT2D eigenvalue weighted by Gasteiger charge is 2.58. The van der Waals surface area contributed by atoms with Crippen molar-refractivity contribution in [2.75, 3.05) is 20.0 Å². The van der Waals surface area contributed by atoms with E-state index in [1.165, 1.54) is 28.3 Å². The first-order chi connectivity index (χ1) is 23.2. The number of nitrogens with two attached hydrogens (primary N) is 1. The van der Waals surface area contributed by atoms with E-state index in [1.807, 2.05) is 0 Å². The topological polar surface area (TPSA) is 198 Å². The van der Waals surface area contributed by atoms with Crippen LogP contribution >= 0.6 is 23.7 Å². The second-order valence-electron chi connectivity index (χ2n) is 10.2. The SMILES string of the molecule is CON=C(F)C(=O)N[C@@H]1C(=O)N2C(C(=O)OCc3ccc(OC)cc3)=C(C[n+]3ccc(N)n4nccc43)C(N3C=C(NC=O)SN3)S[C@@H]12. The van der Waals surface area contributed by atoms with E-state index in [9.17, 15) is 23.6 Å². The largest absolute Gasteiger partial charge is 0.497 e. The van der Waals surface area contributed by atoms with E-state index in [-0.39, 0.29) is 18.8 Å². The minimum atomic E-state index is -1.48. The Morgan fingerprint density at radius 3 is 2.75 bits per heavy atom. The van der Waals surface area contributed by atoms with Gasteiger partial charge in [-0.1, -0.05) is 21.7 Å². The van der Waals surface area contributed by atoms with Gasteiger partial charge in [-0.15, -0.1) is 11.8 Å². The van der Waals surface area contributed by atoms with E-state index in [2.05, 4.69) is 30.6 Å². The third kappa shape index (κ3) is 6.19. The van der Waals surface area contributed by atoms with Gasteiger partial charge in [-0.05, 0) is 34.8 Å². The Labute approximate surface area is 280 Å². The smallest absolute Gasteiger partial charge is 0.355 e. The fraction of sp³-hybridized carbons (Fsp3) is 0.250. The number of ether oxygens (including phenoxy) is 2. The molecule has 0 radical (unpaired) electrons. The Morgan fingerprint density at radius 1 is 1.23 bits per heavy atom. The molecule has 0 saturated carbocycles. The second-order valence-corrected chi connectivity index (χ2v) is 12.3. The summed E-state index contributed by atoms with van der Waals surface area (Å²) in [5, 5.41) is 12.7. The lowest BCUT2D eigenvalue weighted by molar-refractivity contribution is -0.666. The number of aromatic nitrogens is 3. The molecule has 250 valence electrons. The quantitative estimate of drug-likeness (QED) is 0.0372. The Bertz CT molecular complexity index is 1870. The molecule has 2 aromatic heterocycles. The van der Waals surface area contributed by atoms with Crippen LogP contribution in [0.25, 0.3) is 5.65 Å². The molecule has 0 spiro atoms. The number of anilines is 1. The molecule has 3 aliphatic rings. The lowest BCUT2D eigenvalue weighted by Gasteiger charge is -2.52. The normalized spacial score (nSPS) is 20.6. The molecule has 0 aliphatic carbocycles. The highest BCUT2D eigenvalue weighted by molar-refractivity contribution is 8.02. The Kier molecular flexibility index (Phi) is 9.37. The number of hydrazine groups is 1. The zero-order valence-electron chi connectivity index (χ0n) is 25.2. The molecule has 6 rings (SSSR count). The predicted molar refractivity (Wildman–Crippen MR) is 169 cm³/mol. The molecule has 0 bridgehead atoms. The first-order valence-electron chi connectivity index (χ1n) is 14.1. The second kappa shape index (κ2) is 13.8. The molecule has 1 unspecified atom stereocenters. The summed E-state index contributed by atoms with van der Waals surface area (Å²) in [4.78, 5) is 60.1. The van der Waals surface area contributed by atoms with Gasteiger partial charge in [0.05, 0.1) is 31.8 Å². The number of benzene rings is 1. The third-order valence-corrected chi connectivity index (χ3v) is 9.70. The molecule has 1 fully saturated rings. The summed E-state index contributed by atoms with van der Waals surface area (Å²) in [6.45, 7) is -0.0775. The summed E-state index contributed by atoms with van der Waals surface area (Å²) in [7, 11) is 2.60. The maximum absolute atomic E-state index is 14.2. The van der Waals surface area contributed by atoms with Gasteiger partial charge in [-0.2, -0.15) is 9.22 Å². The van der Waals surface area contributed by atoms with Gasteiger partial charge >= 0.3 is 23.5 Å². The Morgan fingerprint density at radius 2 is 2.02 bits per heavy atom. The van der Waals surface area contributed by atoms with E-state index in [1.54, 1.807) is 64.6 Å². The average molecular weight is 700 g/mol. The number of methoxy groups -OCH3 is 1. The lowest BCUT2D eigenvalue weighted by Crippen LogP contribution is -2.72. The molecule has 3 amide bonds. The monoisotopic (exact) mass is 699 g/mol. The van der Waals surface area contributed by atoms with Crippen molar-refractivity contribution in [1.29, 1.82) is 0 Å². The van der Waals surface area contributed by atoms with Crippen molar-refractivity contribution in [1.82, 2.24) is 35.0 Å². The van der Waals surface area contributed by atoms with E-state index in [0.29, 0.717) is 39.8 Å². The zero-order chi connectivity index (χ0) is 33.9. The third-order valence-electron chi connectivity index (χ3n) is 7.42. The first-order valence-corrected chi connectivity index (χ1v) is 15.8. The molecule has 20 heteroatoms. The molecular formula is C28H28FN10O7S2+. The first kappa shape index (κ1) is 32.6. The predicted octanol–water partition coefficient (Wildman–Crippen LogP) is -0.121. The molecule has 3 atom stereocenters. The maximum Gasteiger partial charge on any atom is 0.355 e. The number of hydrogen-bond acceptors (Lipinski definition) is 14. The maximum atomic E-state index is 14.2. The van der Waals surface area contributed by atoms with Crippen LogP contribution in [-0.2, 0) is 41.9 Å². The van der Waals surface area contributed by atoms with Crippen LogP contribution in [0.3, 0.4) is 0 Å². The van der Waals surface area contributed by atoms with Crippen LogP contribution in [-0.4, -0.2) is 80.7 Å². The number of thioether (sulfide) groups is 1. The summed E-state index contributed by atoms with van der Waals surface area (Å²) >= 11 is 2.31. The number of hydrogen-bond donors (Lipinski definition) is 4. The highest BCUT2D eigenvalue weighted by atomic mass is 32.2. The summed E-state index contributed by atoms with van der Waals surface area (Å²) in [5.41, 5.74) is 7.73. The molecule has 3 aromatic rings. The number of rotatable bonds is 12. The van der Waals surface area contributed by atoms with Crippen LogP contribution in [0.4, 0.5) is 10.2 Å². The van der Waals surface area contributed by atoms with Crippen molar-refractivity contribution in [2.45, 2.75) is 29.9 Å². The number of β-lactam (4-membered cyclic amide) rings is 1. The Hall–Kier alpha value is -5.34. The number of fused-ring (bicyclic) bond motifs is 2. The molecule has 1 aromatic carbocycles. The molecule has 48 heavy (non-hydrogen) atoms. The van der Waals surface area contributed by atoms with Crippen LogP contribution in [0.2, 0.25) is 0 Å². The van der Waals surface area contributed by atoms with E-state index in [0.717, 1.165) is 19.1 Å².